The van der Waals surface area contributed by atoms with Crippen LogP contribution in [0, 0.1) is 0 Å². The molecule has 104 valence electrons. The highest BCUT2D eigenvalue weighted by atomic mass is 32.2. The molecular weight excluding hydrogens is 266 g/mol. The first-order valence-electron chi connectivity index (χ1n) is 6.59. The first kappa shape index (κ1) is 12.8. The Morgan fingerprint density at radius 2 is 2.16 bits per heavy atom. The van der Waals surface area contributed by atoms with Crippen molar-refractivity contribution < 1.29 is 13.2 Å². The SMILES string of the molecule is O=S(=O)(C1CC1)N1CCCC(Oc2cccnn2)C1. The lowest BCUT2D eigenvalue weighted by atomic mass is 10.1. The summed E-state index contributed by atoms with van der Waals surface area (Å²) in [4.78, 5) is 0. The number of piperidine rings is 1. The predicted octanol–water partition coefficient (Wildman–Crippen LogP) is 0.812. The number of hydrogen-bond acceptors (Lipinski definition) is 5. The van der Waals surface area contributed by atoms with Gasteiger partial charge in [0.05, 0.1) is 11.8 Å². The van der Waals surface area contributed by atoms with E-state index in [-0.39, 0.29) is 11.4 Å². The van der Waals surface area contributed by atoms with Crippen molar-refractivity contribution in [2.24, 2.45) is 0 Å². The zero-order chi connectivity index (χ0) is 13.3. The summed E-state index contributed by atoms with van der Waals surface area (Å²) in [5.74, 6) is 0.457. The van der Waals surface area contributed by atoms with E-state index in [1.165, 1.54) is 0 Å². The van der Waals surface area contributed by atoms with Gasteiger partial charge >= 0.3 is 0 Å². The van der Waals surface area contributed by atoms with Gasteiger partial charge in [0.25, 0.3) is 0 Å². The maximum absolute atomic E-state index is 12.2. The molecule has 1 saturated carbocycles. The molecule has 3 rings (SSSR count). The van der Waals surface area contributed by atoms with Crippen molar-refractivity contribution in [1.29, 1.82) is 0 Å². The van der Waals surface area contributed by atoms with E-state index in [0.29, 0.717) is 19.0 Å². The van der Waals surface area contributed by atoms with Crippen LogP contribution in [-0.4, -0.2) is 47.4 Å². The van der Waals surface area contributed by atoms with Crippen LogP contribution in [0.15, 0.2) is 18.3 Å². The van der Waals surface area contributed by atoms with Gasteiger partial charge in [0, 0.05) is 18.8 Å². The minimum absolute atomic E-state index is 0.126. The molecule has 1 aromatic rings. The predicted molar refractivity (Wildman–Crippen MR) is 69.2 cm³/mol. The molecule has 2 aliphatic rings. The van der Waals surface area contributed by atoms with Crippen LogP contribution < -0.4 is 4.74 Å². The van der Waals surface area contributed by atoms with Crippen molar-refractivity contribution >= 4 is 10.0 Å². The Labute approximate surface area is 112 Å². The Morgan fingerprint density at radius 1 is 1.32 bits per heavy atom. The highest BCUT2D eigenvalue weighted by Gasteiger charge is 2.41. The van der Waals surface area contributed by atoms with E-state index in [1.807, 2.05) is 0 Å². The van der Waals surface area contributed by atoms with Crippen molar-refractivity contribution in [3.05, 3.63) is 18.3 Å². The van der Waals surface area contributed by atoms with Crippen LogP contribution in [0.25, 0.3) is 0 Å². The summed E-state index contributed by atoms with van der Waals surface area (Å²) >= 11 is 0. The number of sulfonamides is 1. The Bertz CT molecular complexity index is 530. The Morgan fingerprint density at radius 3 is 2.84 bits per heavy atom. The zero-order valence-electron chi connectivity index (χ0n) is 10.6. The van der Waals surface area contributed by atoms with Gasteiger partial charge in [-0.15, -0.1) is 5.10 Å². The molecular formula is C12H17N3O3S. The van der Waals surface area contributed by atoms with Gasteiger partial charge in [-0.1, -0.05) is 0 Å². The average molecular weight is 283 g/mol. The van der Waals surface area contributed by atoms with Crippen LogP contribution in [0.3, 0.4) is 0 Å². The molecule has 0 aromatic carbocycles. The summed E-state index contributed by atoms with van der Waals surface area (Å²) in [6.07, 6.45) is 4.74. The van der Waals surface area contributed by atoms with Crippen LogP contribution in [0.5, 0.6) is 5.88 Å². The van der Waals surface area contributed by atoms with Gasteiger partial charge in [-0.25, -0.2) is 8.42 Å². The summed E-state index contributed by atoms with van der Waals surface area (Å²) in [7, 11) is -3.10. The molecule has 1 aromatic heterocycles. The molecule has 6 nitrogen and oxygen atoms in total. The molecule has 0 amide bonds. The van der Waals surface area contributed by atoms with Gasteiger partial charge in [-0.3, -0.25) is 0 Å². The smallest absolute Gasteiger partial charge is 0.233 e. The third-order valence-electron chi connectivity index (χ3n) is 3.48. The topological polar surface area (TPSA) is 72.4 Å². The van der Waals surface area contributed by atoms with Gasteiger partial charge in [0.15, 0.2) is 0 Å². The third kappa shape index (κ3) is 2.87. The maximum atomic E-state index is 12.2. The third-order valence-corrected chi connectivity index (χ3v) is 5.85. The number of rotatable bonds is 4. The molecule has 0 spiro atoms. The molecule has 1 aliphatic carbocycles. The quantitative estimate of drug-likeness (QED) is 0.817. The fraction of sp³-hybridized carbons (Fsp3) is 0.667. The summed E-state index contributed by atoms with van der Waals surface area (Å²) in [6.45, 7) is 1.04. The molecule has 7 heteroatoms. The number of nitrogens with zero attached hydrogens (tertiary/aromatic N) is 3. The number of ether oxygens (including phenoxy) is 1. The fourth-order valence-corrected chi connectivity index (χ4v) is 4.24. The molecule has 0 bridgehead atoms. The largest absolute Gasteiger partial charge is 0.472 e. The standard InChI is InChI=1S/C12H17N3O3S/c16-19(17,11-5-6-11)15-8-2-3-10(9-15)18-12-4-1-7-13-14-12/h1,4,7,10-11H,2-3,5-6,8-9H2. The molecule has 1 unspecified atom stereocenters. The van der Waals surface area contributed by atoms with Crippen molar-refractivity contribution in [3.63, 3.8) is 0 Å². The summed E-state index contributed by atoms with van der Waals surface area (Å²) in [6, 6.07) is 3.49. The average Bonchev–Trinajstić information content (AvgIpc) is 3.25. The van der Waals surface area contributed by atoms with E-state index < -0.39 is 10.0 Å². The molecule has 1 atom stereocenters. The second kappa shape index (κ2) is 5.05. The van der Waals surface area contributed by atoms with Gasteiger partial charge < -0.3 is 4.74 Å². The Kier molecular flexibility index (Phi) is 3.40. The van der Waals surface area contributed by atoms with Crippen molar-refractivity contribution in [2.45, 2.75) is 37.0 Å². The molecule has 19 heavy (non-hydrogen) atoms. The van der Waals surface area contributed by atoms with Crippen LogP contribution in [-0.2, 0) is 10.0 Å². The lowest BCUT2D eigenvalue weighted by Gasteiger charge is -2.31. The summed E-state index contributed by atoms with van der Waals surface area (Å²) < 4.78 is 31.7. The molecule has 2 heterocycles. The van der Waals surface area contributed by atoms with E-state index in [0.717, 1.165) is 25.7 Å². The Hall–Kier alpha value is -1.21. The van der Waals surface area contributed by atoms with Gasteiger partial charge in [0.2, 0.25) is 15.9 Å². The normalized spacial score (nSPS) is 25.2. The lowest BCUT2D eigenvalue weighted by Crippen LogP contribution is -2.45. The van der Waals surface area contributed by atoms with Gasteiger partial charge in [-0.2, -0.15) is 9.40 Å². The van der Waals surface area contributed by atoms with Crippen LogP contribution in [0.2, 0.25) is 0 Å². The lowest BCUT2D eigenvalue weighted by molar-refractivity contribution is 0.123. The minimum atomic E-state index is -3.10. The molecule has 1 aliphatic heterocycles. The zero-order valence-corrected chi connectivity index (χ0v) is 11.4. The molecule has 1 saturated heterocycles. The van der Waals surface area contributed by atoms with Crippen LogP contribution in [0.1, 0.15) is 25.7 Å². The maximum Gasteiger partial charge on any atom is 0.233 e. The molecule has 2 fully saturated rings. The monoisotopic (exact) mass is 283 g/mol. The number of hydrogen-bond donors (Lipinski definition) is 0. The second-order valence-corrected chi connectivity index (χ2v) is 7.26. The number of aromatic nitrogens is 2. The minimum Gasteiger partial charge on any atom is -0.472 e. The Balaban J connectivity index is 1.65. The van der Waals surface area contributed by atoms with Crippen molar-refractivity contribution in [2.75, 3.05) is 13.1 Å². The summed E-state index contributed by atoms with van der Waals surface area (Å²) in [5, 5.41) is 7.47. The molecule has 0 radical (unpaired) electrons. The fourth-order valence-electron chi connectivity index (χ4n) is 2.33. The van der Waals surface area contributed by atoms with Crippen molar-refractivity contribution in [3.8, 4) is 5.88 Å². The highest BCUT2D eigenvalue weighted by molar-refractivity contribution is 7.90. The van der Waals surface area contributed by atoms with E-state index in [9.17, 15) is 8.42 Å². The summed E-state index contributed by atoms with van der Waals surface area (Å²) in [5.41, 5.74) is 0. The van der Waals surface area contributed by atoms with Gasteiger partial charge in [0.1, 0.15) is 6.10 Å². The van der Waals surface area contributed by atoms with E-state index in [4.69, 9.17) is 4.74 Å². The van der Waals surface area contributed by atoms with E-state index in [1.54, 1.807) is 22.6 Å². The highest BCUT2D eigenvalue weighted by Crippen LogP contribution is 2.32. The van der Waals surface area contributed by atoms with Crippen LogP contribution in [0.4, 0.5) is 0 Å². The van der Waals surface area contributed by atoms with Crippen molar-refractivity contribution in [1.82, 2.24) is 14.5 Å². The second-order valence-electron chi connectivity index (χ2n) is 5.05. The first-order valence-corrected chi connectivity index (χ1v) is 8.10. The molecule has 0 N–H and O–H groups in total. The van der Waals surface area contributed by atoms with E-state index in [2.05, 4.69) is 10.2 Å². The van der Waals surface area contributed by atoms with Gasteiger partial charge in [-0.05, 0) is 31.7 Å². The van der Waals surface area contributed by atoms with E-state index >= 15 is 0 Å². The first-order chi connectivity index (χ1) is 9.16. The van der Waals surface area contributed by atoms with Crippen LogP contribution >= 0.6 is 0 Å².